The van der Waals surface area contributed by atoms with Gasteiger partial charge in [-0.2, -0.15) is 5.10 Å². The van der Waals surface area contributed by atoms with E-state index in [0.29, 0.717) is 32.1 Å². The number of nitrogens with one attached hydrogen (secondary N) is 1. The van der Waals surface area contributed by atoms with Gasteiger partial charge in [0.2, 0.25) is 0 Å². The van der Waals surface area contributed by atoms with E-state index >= 15 is 0 Å². The van der Waals surface area contributed by atoms with E-state index in [0.717, 1.165) is 23.2 Å². The Morgan fingerprint density at radius 3 is 2.22 bits per heavy atom. The van der Waals surface area contributed by atoms with Crippen LogP contribution in [-0.2, 0) is 6.42 Å². The van der Waals surface area contributed by atoms with E-state index in [9.17, 15) is 4.79 Å². The third kappa shape index (κ3) is 4.53. The van der Waals surface area contributed by atoms with Crippen LogP contribution in [0.1, 0.15) is 28.5 Å². The molecule has 4 aromatic rings. The molecule has 0 spiro atoms. The predicted octanol–water partition coefficient (Wildman–Crippen LogP) is 7.62. The zero-order valence-electron chi connectivity index (χ0n) is 17.5. The van der Waals surface area contributed by atoms with Gasteiger partial charge in [-0.25, -0.2) is 4.68 Å². The number of carbonyl (C=O) groups excluding carboxylic acids is 1. The third-order valence-corrected chi connectivity index (χ3v) is 6.00. The predicted molar refractivity (Wildman–Crippen MR) is 133 cm³/mol. The second kappa shape index (κ2) is 9.37. The van der Waals surface area contributed by atoms with Gasteiger partial charge < -0.3 is 5.32 Å². The molecule has 162 valence electrons. The largest absolute Gasteiger partial charge is 0.321 e. The Labute approximate surface area is 201 Å². The molecule has 1 amide bonds. The fourth-order valence-corrected chi connectivity index (χ4v) is 4.11. The molecule has 0 fully saturated rings. The normalized spacial score (nSPS) is 10.9. The van der Waals surface area contributed by atoms with Gasteiger partial charge >= 0.3 is 0 Å². The topological polar surface area (TPSA) is 46.9 Å². The molecule has 32 heavy (non-hydrogen) atoms. The van der Waals surface area contributed by atoms with Gasteiger partial charge in [-0.3, -0.25) is 4.79 Å². The lowest BCUT2D eigenvalue weighted by Gasteiger charge is -2.11. The van der Waals surface area contributed by atoms with Gasteiger partial charge in [-0.1, -0.05) is 66.0 Å². The third-order valence-electron chi connectivity index (χ3n) is 5.21. The van der Waals surface area contributed by atoms with Crippen LogP contribution in [0.25, 0.3) is 16.9 Å². The maximum absolute atomic E-state index is 13.1. The van der Waals surface area contributed by atoms with Gasteiger partial charge in [0.25, 0.3) is 5.91 Å². The molecular weight excluding hydrogens is 465 g/mol. The van der Waals surface area contributed by atoms with Crippen molar-refractivity contribution in [3.8, 4) is 16.9 Å². The maximum atomic E-state index is 13.1. The number of amides is 1. The average molecular weight is 485 g/mol. The van der Waals surface area contributed by atoms with Crippen LogP contribution in [0.3, 0.4) is 0 Å². The van der Waals surface area contributed by atoms with Crippen LogP contribution < -0.4 is 5.32 Å². The minimum Gasteiger partial charge on any atom is -0.321 e. The van der Waals surface area contributed by atoms with Crippen molar-refractivity contribution in [3.63, 3.8) is 0 Å². The number of hydrogen-bond acceptors (Lipinski definition) is 2. The van der Waals surface area contributed by atoms with Gasteiger partial charge in [0, 0.05) is 26.9 Å². The Hall–Kier alpha value is -2.79. The van der Waals surface area contributed by atoms with Crippen molar-refractivity contribution in [2.75, 3.05) is 5.32 Å². The first-order valence-corrected chi connectivity index (χ1v) is 11.2. The highest BCUT2D eigenvalue weighted by Crippen LogP contribution is 2.33. The highest BCUT2D eigenvalue weighted by molar-refractivity contribution is 6.35. The number of benzene rings is 3. The molecule has 7 heteroatoms. The van der Waals surface area contributed by atoms with Gasteiger partial charge in [-0.15, -0.1) is 0 Å². The maximum Gasteiger partial charge on any atom is 0.276 e. The number of anilines is 1. The summed E-state index contributed by atoms with van der Waals surface area (Å²) in [4.78, 5) is 13.1. The quantitative estimate of drug-likeness (QED) is 0.316. The molecule has 3 aromatic carbocycles. The van der Waals surface area contributed by atoms with E-state index < -0.39 is 0 Å². The molecule has 0 saturated heterocycles. The molecule has 0 atom stereocenters. The van der Waals surface area contributed by atoms with E-state index in [4.69, 9.17) is 34.8 Å². The number of carbonyl (C=O) groups is 1. The molecule has 4 rings (SSSR count). The van der Waals surface area contributed by atoms with E-state index in [2.05, 4.69) is 17.3 Å². The minimum absolute atomic E-state index is 0.300. The van der Waals surface area contributed by atoms with Crippen molar-refractivity contribution in [2.45, 2.75) is 20.3 Å². The molecule has 0 radical (unpaired) electrons. The Kier molecular flexibility index (Phi) is 6.56. The first kappa shape index (κ1) is 22.4. The summed E-state index contributed by atoms with van der Waals surface area (Å²) in [6.45, 7) is 3.95. The molecule has 0 saturated carbocycles. The lowest BCUT2D eigenvalue weighted by atomic mass is 10.1. The van der Waals surface area contributed by atoms with E-state index in [1.54, 1.807) is 35.0 Å². The Balaban J connectivity index is 1.81. The van der Waals surface area contributed by atoms with Crippen LogP contribution in [0.4, 0.5) is 5.69 Å². The second-order valence-electron chi connectivity index (χ2n) is 7.34. The number of halogens is 3. The SMILES string of the molecule is CCc1ccc(NC(=O)c2nn(-c3ccc(Cl)cc3Cl)c(-c3ccc(Cl)cc3)c2C)cc1. The van der Waals surface area contributed by atoms with Crippen LogP contribution in [-0.4, -0.2) is 15.7 Å². The Morgan fingerprint density at radius 2 is 1.59 bits per heavy atom. The number of aromatic nitrogens is 2. The summed E-state index contributed by atoms with van der Waals surface area (Å²) in [5.41, 5.74) is 5.16. The molecule has 1 aromatic heterocycles. The smallest absolute Gasteiger partial charge is 0.276 e. The van der Waals surface area contributed by atoms with Gasteiger partial charge in [0.15, 0.2) is 5.69 Å². The van der Waals surface area contributed by atoms with Crippen molar-refractivity contribution in [2.24, 2.45) is 0 Å². The molecule has 0 aliphatic heterocycles. The molecule has 0 aliphatic carbocycles. The summed E-state index contributed by atoms with van der Waals surface area (Å²) in [6.07, 6.45) is 0.935. The van der Waals surface area contributed by atoms with Crippen LogP contribution in [0.5, 0.6) is 0 Å². The summed E-state index contributed by atoms with van der Waals surface area (Å²) in [5.74, 6) is -0.300. The van der Waals surface area contributed by atoms with Crippen molar-refractivity contribution >= 4 is 46.4 Å². The van der Waals surface area contributed by atoms with E-state index in [1.165, 1.54) is 5.56 Å². The fraction of sp³-hybridized carbons (Fsp3) is 0.120. The number of aryl methyl sites for hydroxylation is 1. The minimum atomic E-state index is -0.300. The standard InChI is InChI=1S/C25H20Cl3N3O/c1-3-16-4-11-20(12-5-16)29-25(32)23-15(2)24(17-6-8-18(26)9-7-17)31(30-23)22-13-10-19(27)14-21(22)28/h4-14H,3H2,1-2H3,(H,29,32). The van der Waals surface area contributed by atoms with Gasteiger partial charge in [0.1, 0.15) is 0 Å². The number of nitrogens with zero attached hydrogens (tertiary/aromatic N) is 2. The molecule has 0 bridgehead atoms. The Bertz CT molecular complexity index is 1280. The molecule has 1 heterocycles. The molecule has 0 unspecified atom stereocenters. The first-order chi connectivity index (χ1) is 15.4. The zero-order valence-corrected chi connectivity index (χ0v) is 19.8. The van der Waals surface area contributed by atoms with Crippen LogP contribution >= 0.6 is 34.8 Å². The molecule has 4 nitrogen and oxygen atoms in total. The number of rotatable bonds is 5. The Morgan fingerprint density at radius 1 is 0.938 bits per heavy atom. The average Bonchev–Trinajstić information content (AvgIpc) is 3.12. The van der Waals surface area contributed by atoms with Crippen molar-refractivity contribution < 1.29 is 4.79 Å². The summed E-state index contributed by atoms with van der Waals surface area (Å²) in [6, 6.07) is 20.3. The van der Waals surface area contributed by atoms with Crippen LogP contribution in [0.15, 0.2) is 66.7 Å². The van der Waals surface area contributed by atoms with Crippen molar-refractivity contribution in [1.29, 1.82) is 0 Å². The highest BCUT2D eigenvalue weighted by atomic mass is 35.5. The lowest BCUT2D eigenvalue weighted by Crippen LogP contribution is -2.14. The van der Waals surface area contributed by atoms with Crippen molar-refractivity contribution in [1.82, 2.24) is 9.78 Å². The van der Waals surface area contributed by atoms with Gasteiger partial charge in [-0.05, 0) is 61.4 Å². The second-order valence-corrected chi connectivity index (χ2v) is 8.62. The molecule has 0 aliphatic rings. The summed E-state index contributed by atoms with van der Waals surface area (Å²) >= 11 is 18.6. The van der Waals surface area contributed by atoms with Crippen LogP contribution in [0.2, 0.25) is 15.1 Å². The van der Waals surface area contributed by atoms with Gasteiger partial charge in [0.05, 0.1) is 16.4 Å². The lowest BCUT2D eigenvalue weighted by molar-refractivity contribution is 0.102. The van der Waals surface area contributed by atoms with E-state index in [1.807, 2.05) is 43.3 Å². The van der Waals surface area contributed by atoms with Crippen molar-refractivity contribution in [3.05, 3.63) is 98.6 Å². The summed E-state index contributed by atoms with van der Waals surface area (Å²) < 4.78 is 1.67. The summed E-state index contributed by atoms with van der Waals surface area (Å²) in [5, 5.41) is 9.15. The monoisotopic (exact) mass is 483 g/mol. The first-order valence-electron chi connectivity index (χ1n) is 10.1. The fourth-order valence-electron chi connectivity index (χ4n) is 3.50. The molecule has 1 N–H and O–H groups in total. The van der Waals surface area contributed by atoms with E-state index in [-0.39, 0.29) is 5.91 Å². The van der Waals surface area contributed by atoms with Crippen LogP contribution in [0, 0.1) is 6.92 Å². The number of hydrogen-bond donors (Lipinski definition) is 1. The highest BCUT2D eigenvalue weighted by Gasteiger charge is 2.23. The summed E-state index contributed by atoms with van der Waals surface area (Å²) in [7, 11) is 0. The zero-order chi connectivity index (χ0) is 22.8. The molecular formula is C25H20Cl3N3O.